The molecule has 0 saturated carbocycles. The van der Waals surface area contributed by atoms with E-state index in [1.54, 1.807) is 18.2 Å². The van der Waals surface area contributed by atoms with E-state index in [0.717, 1.165) is 57.8 Å². The fourth-order valence-corrected chi connectivity index (χ4v) is 3.49. The molecule has 1 saturated heterocycles. The first-order valence-electron chi connectivity index (χ1n) is 9.72. The van der Waals surface area contributed by atoms with Gasteiger partial charge in [0, 0.05) is 39.3 Å². The summed E-state index contributed by atoms with van der Waals surface area (Å²) in [4.78, 5) is 16.1. The lowest BCUT2D eigenvalue weighted by atomic mass is 10.1. The van der Waals surface area contributed by atoms with Gasteiger partial charge in [0.15, 0.2) is 0 Å². The number of carboxylic acids is 1. The molecule has 1 aliphatic rings. The van der Waals surface area contributed by atoms with Crippen LogP contribution in [-0.4, -0.2) is 60.1 Å². The summed E-state index contributed by atoms with van der Waals surface area (Å²) in [6, 6.07) is 17.8. The van der Waals surface area contributed by atoms with Crippen molar-refractivity contribution in [2.75, 3.05) is 39.3 Å². The molecular formula is C22H29N3O2. The summed E-state index contributed by atoms with van der Waals surface area (Å²) in [6.45, 7) is 8.34. The fourth-order valence-electron chi connectivity index (χ4n) is 3.49. The van der Waals surface area contributed by atoms with Crippen LogP contribution in [0.25, 0.3) is 0 Å². The second kappa shape index (κ2) is 10.2. The smallest absolute Gasteiger partial charge is 0.335 e. The van der Waals surface area contributed by atoms with Crippen LogP contribution in [0.4, 0.5) is 0 Å². The van der Waals surface area contributed by atoms with Gasteiger partial charge in [-0.25, -0.2) is 4.79 Å². The monoisotopic (exact) mass is 367 g/mol. The molecule has 0 unspecified atom stereocenters. The molecular weight excluding hydrogens is 338 g/mol. The summed E-state index contributed by atoms with van der Waals surface area (Å²) in [5.74, 6) is -0.872. The van der Waals surface area contributed by atoms with Crippen molar-refractivity contribution in [3.8, 4) is 0 Å². The molecule has 0 atom stereocenters. The Morgan fingerprint density at radius 1 is 0.926 bits per heavy atom. The van der Waals surface area contributed by atoms with E-state index in [1.807, 2.05) is 6.07 Å². The molecule has 2 aromatic rings. The van der Waals surface area contributed by atoms with Crippen LogP contribution in [0.2, 0.25) is 0 Å². The Morgan fingerprint density at radius 2 is 1.63 bits per heavy atom. The van der Waals surface area contributed by atoms with Gasteiger partial charge in [0.25, 0.3) is 0 Å². The standard InChI is InChI=1S/C22H29N3O2/c26-22(27)21-9-4-8-20(16-21)17-23-10-5-11-24-12-14-25(15-13-24)18-19-6-2-1-3-7-19/h1-4,6-9,16,23H,5,10-15,17-18H2,(H,26,27). The van der Waals surface area contributed by atoms with Crippen molar-refractivity contribution in [3.63, 3.8) is 0 Å². The molecule has 5 heteroatoms. The maximum Gasteiger partial charge on any atom is 0.335 e. The minimum atomic E-state index is -0.872. The van der Waals surface area contributed by atoms with Crippen LogP contribution in [0.15, 0.2) is 54.6 Å². The fraction of sp³-hybridized carbons (Fsp3) is 0.409. The first-order valence-corrected chi connectivity index (χ1v) is 9.72. The molecule has 1 heterocycles. The topological polar surface area (TPSA) is 55.8 Å². The third kappa shape index (κ3) is 6.47. The molecule has 0 radical (unpaired) electrons. The summed E-state index contributed by atoms with van der Waals surface area (Å²) in [5, 5.41) is 12.5. The van der Waals surface area contributed by atoms with Crippen LogP contribution in [0.1, 0.15) is 27.9 Å². The van der Waals surface area contributed by atoms with Crippen molar-refractivity contribution in [1.29, 1.82) is 0 Å². The number of aromatic carboxylic acids is 1. The van der Waals surface area contributed by atoms with Crippen LogP contribution in [0.5, 0.6) is 0 Å². The maximum absolute atomic E-state index is 11.0. The average molecular weight is 367 g/mol. The number of hydrogen-bond acceptors (Lipinski definition) is 4. The van der Waals surface area contributed by atoms with E-state index in [-0.39, 0.29) is 0 Å². The van der Waals surface area contributed by atoms with Gasteiger partial charge in [-0.1, -0.05) is 42.5 Å². The van der Waals surface area contributed by atoms with E-state index < -0.39 is 5.97 Å². The number of benzene rings is 2. The number of nitrogens with one attached hydrogen (secondary N) is 1. The molecule has 1 aliphatic heterocycles. The van der Waals surface area contributed by atoms with Crippen LogP contribution < -0.4 is 5.32 Å². The van der Waals surface area contributed by atoms with Gasteiger partial charge in [-0.2, -0.15) is 0 Å². The van der Waals surface area contributed by atoms with Crippen LogP contribution in [-0.2, 0) is 13.1 Å². The van der Waals surface area contributed by atoms with Gasteiger partial charge in [-0.15, -0.1) is 0 Å². The number of hydrogen-bond donors (Lipinski definition) is 2. The van der Waals surface area contributed by atoms with E-state index >= 15 is 0 Å². The second-order valence-corrected chi connectivity index (χ2v) is 7.14. The van der Waals surface area contributed by atoms with E-state index in [1.165, 1.54) is 5.56 Å². The Morgan fingerprint density at radius 3 is 2.37 bits per heavy atom. The predicted molar refractivity (Wildman–Crippen MR) is 108 cm³/mol. The predicted octanol–water partition coefficient (Wildman–Crippen LogP) is 2.68. The average Bonchev–Trinajstić information content (AvgIpc) is 2.70. The van der Waals surface area contributed by atoms with Gasteiger partial charge in [-0.05, 0) is 42.8 Å². The highest BCUT2D eigenvalue weighted by Gasteiger charge is 2.16. The molecule has 0 bridgehead atoms. The Labute approximate surface area is 161 Å². The van der Waals surface area contributed by atoms with Crippen molar-refractivity contribution in [3.05, 3.63) is 71.3 Å². The lowest BCUT2D eigenvalue weighted by molar-refractivity contribution is 0.0696. The molecule has 5 nitrogen and oxygen atoms in total. The molecule has 1 fully saturated rings. The Kier molecular flexibility index (Phi) is 7.39. The normalized spacial score (nSPS) is 15.7. The van der Waals surface area contributed by atoms with Gasteiger partial charge in [-0.3, -0.25) is 4.90 Å². The number of piperazine rings is 1. The van der Waals surface area contributed by atoms with Crippen LogP contribution >= 0.6 is 0 Å². The van der Waals surface area contributed by atoms with Crippen LogP contribution in [0.3, 0.4) is 0 Å². The van der Waals surface area contributed by atoms with E-state index in [4.69, 9.17) is 5.11 Å². The molecule has 27 heavy (non-hydrogen) atoms. The van der Waals surface area contributed by atoms with Crippen molar-refractivity contribution in [2.45, 2.75) is 19.5 Å². The summed E-state index contributed by atoms with van der Waals surface area (Å²) in [6.07, 6.45) is 1.11. The quantitative estimate of drug-likeness (QED) is 0.668. The lowest BCUT2D eigenvalue weighted by Crippen LogP contribution is -2.46. The Balaban J connectivity index is 1.28. The van der Waals surface area contributed by atoms with E-state index in [2.05, 4.69) is 45.4 Å². The largest absolute Gasteiger partial charge is 0.478 e. The first kappa shape index (κ1) is 19.5. The van der Waals surface area contributed by atoms with Gasteiger partial charge >= 0.3 is 5.97 Å². The highest BCUT2D eigenvalue weighted by molar-refractivity contribution is 5.87. The summed E-state index contributed by atoms with van der Waals surface area (Å²) >= 11 is 0. The van der Waals surface area contributed by atoms with Gasteiger partial charge in [0.1, 0.15) is 0 Å². The number of rotatable bonds is 9. The van der Waals surface area contributed by atoms with Crippen LogP contribution in [0, 0.1) is 0 Å². The van der Waals surface area contributed by atoms with Crippen molar-refractivity contribution < 1.29 is 9.90 Å². The molecule has 0 amide bonds. The van der Waals surface area contributed by atoms with Crippen molar-refractivity contribution in [1.82, 2.24) is 15.1 Å². The summed E-state index contributed by atoms with van der Waals surface area (Å²) < 4.78 is 0. The number of carbonyl (C=O) groups is 1. The molecule has 3 rings (SSSR count). The second-order valence-electron chi connectivity index (χ2n) is 7.14. The zero-order valence-electron chi connectivity index (χ0n) is 15.8. The number of carboxylic acid groups (broad SMARTS) is 1. The lowest BCUT2D eigenvalue weighted by Gasteiger charge is -2.34. The third-order valence-corrected chi connectivity index (χ3v) is 5.04. The Bertz CT molecular complexity index is 713. The van der Waals surface area contributed by atoms with E-state index in [0.29, 0.717) is 12.1 Å². The molecule has 0 aliphatic carbocycles. The van der Waals surface area contributed by atoms with E-state index in [9.17, 15) is 4.79 Å². The highest BCUT2D eigenvalue weighted by Crippen LogP contribution is 2.09. The zero-order chi connectivity index (χ0) is 18.9. The summed E-state index contributed by atoms with van der Waals surface area (Å²) in [7, 11) is 0. The Hall–Kier alpha value is -2.21. The molecule has 0 spiro atoms. The minimum Gasteiger partial charge on any atom is -0.478 e. The highest BCUT2D eigenvalue weighted by atomic mass is 16.4. The van der Waals surface area contributed by atoms with Gasteiger partial charge < -0.3 is 15.3 Å². The summed E-state index contributed by atoms with van der Waals surface area (Å²) in [5.41, 5.74) is 2.76. The molecule has 144 valence electrons. The molecule has 2 aromatic carbocycles. The zero-order valence-corrected chi connectivity index (χ0v) is 15.8. The van der Waals surface area contributed by atoms with Gasteiger partial charge in [0.05, 0.1) is 5.56 Å². The van der Waals surface area contributed by atoms with Crippen molar-refractivity contribution in [2.24, 2.45) is 0 Å². The van der Waals surface area contributed by atoms with Gasteiger partial charge in [0.2, 0.25) is 0 Å². The molecule has 0 aromatic heterocycles. The third-order valence-electron chi connectivity index (χ3n) is 5.04. The first-order chi connectivity index (χ1) is 13.2. The molecule has 2 N–H and O–H groups in total. The maximum atomic E-state index is 11.0. The minimum absolute atomic E-state index is 0.350. The SMILES string of the molecule is O=C(O)c1cccc(CNCCCN2CCN(Cc3ccccc3)CC2)c1. The van der Waals surface area contributed by atoms with Crippen molar-refractivity contribution >= 4 is 5.97 Å². The number of nitrogens with zero attached hydrogens (tertiary/aromatic N) is 2.